The Kier molecular flexibility index (Phi) is 9.07. The molecule has 2 atom stereocenters. The Labute approximate surface area is 229 Å². The van der Waals surface area contributed by atoms with E-state index in [9.17, 15) is 19.1 Å². The number of aliphatic hydroxyl groups is 1. The van der Waals surface area contributed by atoms with E-state index in [2.05, 4.69) is 5.32 Å². The smallest absolute Gasteiger partial charge is 0.410 e. The van der Waals surface area contributed by atoms with Crippen LogP contribution in [0.15, 0.2) is 78.5 Å². The highest BCUT2D eigenvalue weighted by atomic mass is 19.1. The third-order valence-electron chi connectivity index (χ3n) is 6.97. The lowest BCUT2D eigenvalue weighted by Crippen LogP contribution is -2.44. The molecular weight excluding hydrogens is 497 g/mol. The normalized spacial score (nSPS) is 18.9. The molecule has 208 valence electrons. The van der Waals surface area contributed by atoms with Gasteiger partial charge in [0.2, 0.25) is 0 Å². The summed E-state index contributed by atoms with van der Waals surface area (Å²) >= 11 is 0. The van der Waals surface area contributed by atoms with Crippen LogP contribution in [0.3, 0.4) is 0 Å². The van der Waals surface area contributed by atoms with Gasteiger partial charge < -0.3 is 25.0 Å². The molecule has 0 radical (unpaired) electrons. The number of piperidine rings is 1. The lowest BCUT2D eigenvalue weighted by atomic mass is 9.87. The number of likely N-dealkylation sites (tertiary alicyclic amines) is 1. The minimum Gasteiger partial charge on any atom is -0.444 e. The first-order valence-corrected chi connectivity index (χ1v) is 13.5. The predicted octanol–water partition coefficient (Wildman–Crippen LogP) is 5.24. The van der Waals surface area contributed by atoms with Crippen LogP contribution >= 0.6 is 0 Å². The fraction of sp³-hybridized carbons (Fsp3) is 0.419. The van der Waals surface area contributed by atoms with Crippen molar-refractivity contribution in [1.82, 2.24) is 15.1 Å². The van der Waals surface area contributed by atoms with Gasteiger partial charge in [0, 0.05) is 31.4 Å². The number of hydrogen-bond acceptors (Lipinski definition) is 5. The van der Waals surface area contributed by atoms with E-state index in [-0.39, 0.29) is 24.0 Å². The zero-order valence-corrected chi connectivity index (χ0v) is 22.8. The van der Waals surface area contributed by atoms with E-state index < -0.39 is 17.6 Å². The Morgan fingerprint density at radius 2 is 1.74 bits per heavy atom. The summed E-state index contributed by atoms with van der Waals surface area (Å²) in [6, 6.07) is 15.0. The molecule has 1 fully saturated rings. The Morgan fingerprint density at radius 3 is 2.38 bits per heavy atom. The van der Waals surface area contributed by atoms with E-state index >= 15 is 0 Å². The molecule has 0 aromatic heterocycles. The Hall–Kier alpha value is -3.65. The van der Waals surface area contributed by atoms with Crippen LogP contribution in [0.1, 0.15) is 56.0 Å². The molecule has 2 amide bonds. The SMILES string of the molecule is CC(C)(C)OC(=O)N1CCC(CC(NC(=O)c2ccc(F)cc2)C2=CN(Cc3ccccc3)C(O)C=C2)CC1. The van der Waals surface area contributed by atoms with Crippen LogP contribution in [-0.4, -0.2) is 57.9 Å². The summed E-state index contributed by atoms with van der Waals surface area (Å²) in [6.45, 7) is 7.26. The van der Waals surface area contributed by atoms with Crippen LogP contribution in [0, 0.1) is 11.7 Å². The third-order valence-corrected chi connectivity index (χ3v) is 6.97. The number of halogens is 1. The van der Waals surface area contributed by atoms with Gasteiger partial charge in [0.05, 0.1) is 6.04 Å². The van der Waals surface area contributed by atoms with Crippen molar-refractivity contribution in [2.24, 2.45) is 5.92 Å². The number of carbonyl (C=O) groups is 2. The van der Waals surface area contributed by atoms with E-state index in [0.717, 1.165) is 24.0 Å². The molecule has 2 aromatic rings. The standard InChI is InChI=1S/C31H38FN3O4/c1-31(2,3)39-30(38)34-17-15-22(16-18-34)19-27(33-29(37)24-9-12-26(32)13-10-24)25-11-14-28(36)35(21-25)20-23-7-5-4-6-8-23/h4-14,21-22,27-28,36H,15-20H2,1-3H3,(H,33,37). The topological polar surface area (TPSA) is 82.1 Å². The van der Waals surface area contributed by atoms with E-state index in [1.807, 2.05) is 68.3 Å². The molecule has 2 aromatic carbocycles. The summed E-state index contributed by atoms with van der Waals surface area (Å²) in [5.41, 5.74) is 1.77. The van der Waals surface area contributed by atoms with Crippen molar-refractivity contribution in [3.05, 3.63) is 95.5 Å². The summed E-state index contributed by atoms with van der Waals surface area (Å²) in [5.74, 6) is -0.421. The van der Waals surface area contributed by atoms with Gasteiger partial charge >= 0.3 is 6.09 Å². The van der Waals surface area contributed by atoms with E-state index in [1.165, 1.54) is 24.3 Å². The van der Waals surface area contributed by atoms with Crippen molar-refractivity contribution in [3.8, 4) is 0 Å². The Balaban J connectivity index is 1.49. The van der Waals surface area contributed by atoms with Gasteiger partial charge in [-0.15, -0.1) is 0 Å². The summed E-state index contributed by atoms with van der Waals surface area (Å²) in [7, 11) is 0. The average molecular weight is 536 g/mol. The lowest BCUT2D eigenvalue weighted by Gasteiger charge is -2.36. The van der Waals surface area contributed by atoms with Gasteiger partial charge in [-0.2, -0.15) is 0 Å². The summed E-state index contributed by atoms with van der Waals surface area (Å²) < 4.78 is 19.0. The van der Waals surface area contributed by atoms with Gasteiger partial charge in [0.15, 0.2) is 0 Å². The van der Waals surface area contributed by atoms with Gasteiger partial charge in [-0.25, -0.2) is 9.18 Å². The molecule has 2 aliphatic heterocycles. The number of ether oxygens (including phenoxy) is 1. The largest absolute Gasteiger partial charge is 0.444 e. The van der Waals surface area contributed by atoms with E-state index in [4.69, 9.17) is 4.74 Å². The number of hydrogen-bond donors (Lipinski definition) is 2. The molecule has 2 N–H and O–H groups in total. The van der Waals surface area contributed by atoms with Crippen molar-refractivity contribution in [1.29, 1.82) is 0 Å². The van der Waals surface area contributed by atoms with Gasteiger partial charge in [0.1, 0.15) is 17.6 Å². The maximum atomic E-state index is 13.4. The molecule has 1 saturated heterocycles. The van der Waals surface area contributed by atoms with Crippen molar-refractivity contribution in [2.75, 3.05) is 13.1 Å². The van der Waals surface area contributed by atoms with Crippen LogP contribution < -0.4 is 5.32 Å². The van der Waals surface area contributed by atoms with Gasteiger partial charge in [-0.1, -0.05) is 36.4 Å². The van der Waals surface area contributed by atoms with Crippen molar-refractivity contribution in [3.63, 3.8) is 0 Å². The number of rotatable bonds is 7. The molecule has 2 aliphatic rings. The zero-order chi connectivity index (χ0) is 28.0. The number of carbonyl (C=O) groups excluding carboxylic acids is 2. The Morgan fingerprint density at radius 1 is 1.08 bits per heavy atom. The highest BCUT2D eigenvalue weighted by Gasteiger charge is 2.30. The quantitative estimate of drug-likeness (QED) is 0.507. The first-order chi connectivity index (χ1) is 18.6. The van der Waals surface area contributed by atoms with Crippen LogP contribution in [0.25, 0.3) is 0 Å². The second-order valence-electron chi connectivity index (χ2n) is 11.2. The number of nitrogens with one attached hydrogen (secondary N) is 1. The lowest BCUT2D eigenvalue weighted by molar-refractivity contribution is 0.0179. The number of amides is 2. The van der Waals surface area contributed by atoms with Crippen LogP contribution in [-0.2, 0) is 11.3 Å². The van der Waals surface area contributed by atoms with E-state index in [1.54, 1.807) is 11.0 Å². The van der Waals surface area contributed by atoms with Crippen LogP contribution in [0.2, 0.25) is 0 Å². The third kappa shape index (κ3) is 8.17. The van der Waals surface area contributed by atoms with Gasteiger partial charge in [-0.3, -0.25) is 4.79 Å². The Bertz CT molecular complexity index is 1180. The van der Waals surface area contributed by atoms with Crippen LogP contribution in [0.4, 0.5) is 9.18 Å². The first-order valence-electron chi connectivity index (χ1n) is 13.5. The second kappa shape index (κ2) is 12.5. The molecular formula is C31H38FN3O4. The zero-order valence-electron chi connectivity index (χ0n) is 22.8. The van der Waals surface area contributed by atoms with Gasteiger partial charge in [0.25, 0.3) is 5.91 Å². The summed E-state index contributed by atoms with van der Waals surface area (Å²) in [5, 5.41) is 13.8. The number of nitrogens with zero attached hydrogens (tertiary/aromatic N) is 2. The molecule has 2 heterocycles. The van der Waals surface area contributed by atoms with Crippen molar-refractivity contribution >= 4 is 12.0 Å². The molecule has 8 heteroatoms. The fourth-order valence-electron chi connectivity index (χ4n) is 4.89. The van der Waals surface area contributed by atoms with Crippen molar-refractivity contribution in [2.45, 2.75) is 64.4 Å². The highest BCUT2D eigenvalue weighted by molar-refractivity contribution is 5.94. The monoisotopic (exact) mass is 535 g/mol. The predicted molar refractivity (Wildman–Crippen MR) is 148 cm³/mol. The molecule has 39 heavy (non-hydrogen) atoms. The minimum absolute atomic E-state index is 0.269. The minimum atomic E-state index is -0.778. The highest BCUT2D eigenvalue weighted by Crippen LogP contribution is 2.28. The van der Waals surface area contributed by atoms with E-state index in [0.29, 0.717) is 31.6 Å². The maximum absolute atomic E-state index is 13.4. The molecule has 0 bridgehead atoms. The average Bonchev–Trinajstić information content (AvgIpc) is 2.90. The first kappa shape index (κ1) is 28.4. The fourth-order valence-corrected chi connectivity index (χ4v) is 4.89. The summed E-state index contributed by atoms with van der Waals surface area (Å²) in [6.07, 6.45) is 6.65. The summed E-state index contributed by atoms with van der Waals surface area (Å²) in [4.78, 5) is 29.2. The van der Waals surface area contributed by atoms with Gasteiger partial charge in [-0.05, 0) is 87.4 Å². The van der Waals surface area contributed by atoms with Crippen LogP contribution in [0.5, 0.6) is 0 Å². The number of benzene rings is 2. The second-order valence-corrected chi connectivity index (χ2v) is 11.2. The molecule has 2 unspecified atom stereocenters. The van der Waals surface area contributed by atoms with Crippen molar-refractivity contribution < 1.29 is 23.8 Å². The molecule has 0 spiro atoms. The molecule has 4 rings (SSSR count). The maximum Gasteiger partial charge on any atom is 0.410 e. The molecule has 0 saturated carbocycles. The number of aliphatic hydroxyl groups excluding tert-OH is 1. The molecule has 0 aliphatic carbocycles. The molecule has 7 nitrogen and oxygen atoms in total.